The molecule has 172 valence electrons. The second-order valence-corrected chi connectivity index (χ2v) is 9.21. The minimum Gasteiger partial charge on any atom is -0.339 e. The highest BCUT2D eigenvalue weighted by atomic mass is 32.2. The molecule has 0 fully saturated rings. The van der Waals surface area contributed by atoms with Crippen LogP contribution >= 0.6 is 0 Å². The van der Waals surface area contributed by atoms with Crippen LogP contribution in [0.5, 0.6) is 0 Å². The Labute approximate surface area is 179 Å². The van der Waals surface area contributed by atoms with Gasteiger partial charge in [0.15, 0.2) is 5.69 Å². The lowest BCUT2D eigenvalue weighted by atomic mass is 10.2. The number of amides is 1. The highest BCUT2D eigenvalue weighted by Crippen LogP contribution is 2.29. The summed E-state index contributed by atoms with van der Waals surface area (Å²) in [5, 5.41) is 9.38. The molecule has 0 saturated carbocycles. The molecule has 0 aliphatic rings. The lowest BCUT2D eigenvalue weighted by Gasteiger charge is -2.14. The second-order valence-electron chi connectivity index (χ2n) is 6.95. The summed E-state index contributed by atoms with van der Waals surface area (Å²) in [5.74, 6) is -2.10. The number of aromatic nitrogens is 4. The van der Waals surface area contributed by atoms with Crippen LogP contribution in [0.3, 0.4) is 0 Å². The van der Waals surface area contributed by atoms with Crippen molar-refractivity contribution >= 4 is 15.7 Å². The summed E-state index contributed by atoms with van der Waals surface area (Å²) >= 11 is 0. The lowest BCUT2D eigenvalue weighted by molar-refractivity contribution is -0.141. The fraction of sp³-hybridized carbons (Fsp3) is 0.333. The van der Waals surface area contributed by atoms with Gasteiger partial charge in [0, 0.05) is 24.9 Å². The molecule has 0 bridgehead atoms. The van der Waals surface area contributed by atoms with Crippen LogP contribution < -0.4 is 5.32 Å². The molecule has 3 aromatic rings. The zero-order valence-electron chi connectivity index (χ0n) is 16.7. The summed E-state index contributed by atoms with van der Waals surface area (Å²) in [6.07, 6.45) is -3.97. The monoisotopic (exact) mass is 475 g/mol. The van der Waals surface area contributed by atoms with Crippen LogP contribution in [-0.4, -0.2) is 46.3 Å². The minimum absolute atomic E-state index is 0.0157. The maximum Gasteiger partial charge on any atom is 0.435 e. The van der Waals surface area contributed by atoms with Crippen LogP contribution in [0.2, 0.25) is 0 Å². The molecule has 0 unspecified atom stereocenters. The zero-order chi connectivity index (χ0) is 23.7. The Bertz CT molecular complexity index is 1240. The zero-order valence-corrected chi connectivity index (χ0v) is 17.5. The average Bonchev–Trinajstić information content (AvgIpc) is 3.31. The van der Waals surface area contributed by atoms with Crippen molar-refractivity contribution in [3.05, 3.63) is 53.4 Å². The van der Waals surface area contributed by atoms with Crippen molar-refractivity contribution in [1.82, 2.24) is 25.2 Å². The molecule has 0 saturated heterocycles. The van der Waals surface area contributed by atoms with Gasteiger partial charge in [-0.3, -0.25) is 9.48 Å². The van der Waals surface area contributed by atoms with E-state index in [0.29, 0.717) is 6.07 Å². The van der Waals surface area contributed by atoms with Gasteiger partial charge >= 0.3 is 6.18 Å². The molecule has 2 heterocycles. The van der Waals surface area contributed by atoms with Crippen molar-refractivity contribution in [2.75, 3.05) is 12.0 Å². The first kappa shape index (κ1) is 23.4. The van der Waals surface area contributed by atoms with E-state index >= 15 is 0 Å². The maximum atomic E-state index is 13.5. The quantitative estimate of drug-likeness (QED) is 0.522. The van der Waals surface area contributed by atoms with E-state index in [9.17, 15) is 30.8 Å². The number of carbonyl (C=O) groups is 1. The Morgan fingerprint density at radius 2 is 2.00 bits per heavy atom. The van der Waals surface area contributed by atoms with Crippen LogP contribution in [-0.2, 0) is 23.1 Å². The predicted octanol–water partition coefficient (Wildman–Crippen LogP) is 2.53. The minimum atomic E-state index is -4.75. The van der Waals surface area contributed by atoms with Gasteiger partial charge in [0.05, 0.1) is 5.75 Å². The van der Waals surface area contributed by atoms with E-state index in [1.54, 1.807) is 0 Å². The number of sulfone groups is 1. The normalized spacial score (nSPS) is 13.2. The van der Waals surface area contributed by atoms with Crippen LogP contribution in [0.15, 0.2) is 34.9 Å². The van der Waals surface area contributed by atoms with E-state index in [4.69, 9.17) is 4.52 Å². The summed E-state index contributed by atoms with van der Waals surface area (Å²) < 4.78 is 81.2. The molecule has 0 radical (unpaired) electrons. The third-order valence-electron chi connectivity index (χ3n) is 4.31. The number of hydrogen-bond donors (Lipinski definition) is 1. The molecule has 0 spiro atoms. The molecule has 0 aliphatic carbocycles. The number of nitrogens with zero attached hydrogens (tertiary/aromatic N) is 4. The third kappa shape index (κ3) is 5.69. The average molecular weight is 475 g/mol. The fourth-order valence-corrected chi connectivity index (χ4v) is 3.43. The number of nitrogens with one attached hydrogen (secondary N) is 1. The molecule has 0 aliphatic heterocycles. The molecular weight excluding hydrogens is 458 g/mol. The summed E-state index contributed by atoms with van der Waals surface area (Å²) in [6, 6.07) is 4.71. The third-order valence-corrected chi connectivity index (χ3v) is 5.29. The summed E-state index contributed by atoms with van der Waals surface area (Å²) in [6.45, 7) is 0. The number of alkyl halides is 3. The number of halogens is 4. The van der Waals surface area contributed by atoms with Crippen molar-refractivity contribution in [3.63, 3.8) is 0 Å². The van der Waals surface area contributed by atoms with Crippen molar-refractivity contribution in [3.8, 4) is 11.4 Å². The number of rotatable bonds is 7. The first-order valence-electron chi connectivity index (χ1n) is 9.03. The molecule has 1 aromatic carbocycles. The second kappa shape index (κ2) is 8.68. The van der Waals surface area contributed by atoms with Crippen LogP contribution in [0.25, 0.3) is 11.4 Å². The molecule has 3 rings (SSSR count). The van der Waals surface area contributed by atoms with E-state index in [0.717, 1.165) is 24.1 Å². The van der Waals surface area contributed by atoms with Crippen molar-refractivity contribution in [1.29, 1.82) is 0 Å². The van der Waals surface area contributed by atoms with Gasteiger partial charge in [0.25, 0.3) is 5.91 Å². The number of benzene rings is 1. The van der Waals surface area contributed by atoms with Gasteiger partial charge < -0.3 is 9.84 Å². The SMILES string of the molecule is Cn1nc(C(F)(F)F)cc1C(=O)N[C@@H](CCS(C)(=O)=O)c1nc(-c2cccc(F)c2)no1. The van der Waals surface area contributed by atoms with Gasteiger partial charge in [-0.1, -0.05) is 17.3 Å². The molecule has 1 amide bonds. The smallest absolute Gasteiger partial charge is 0.339 e. The largest absolute Gasteiger partial charge is 0.435 e. The summed E-state index contributed by atoms with van der Waals surface area (Å²) in [4.78, 5) is 16.7. The van der Waals surface area contributed by atoms with Crippen LogP contribution in [0, 0.1) is 5.82 Å². The predicted molar refractivity (Wildman–Crippen MR) is 102 cm³/mol. The topological polar surface area (TPSA) is 120 Å². The van der Waals surface area contributed by atoms with Gasteiger partial charge in [0.1, 0.15) is 27.4 Å². The van der Waals surface area contributed by atoms with Gasteiger partial charge in [-0.25, -0.2) is 12.8 Å². The van der Waals surface area contributed by atoms with Gasteiger partial charge in [0.2, 0.25) is 11.7 Å². The molecule has 9 nitrogen and oxygen atoms in total. The molecular formula is C18H17F4N5O4S. The number of hydrogen-bond acceptors (Lipinski definition) is 7. The van der Waals surface area contributed by atoms with Crippen molar-refractivity contribution in [2.45, 2.75) is 18.6 Å². The molecule has 2 aromatic heterocycles. The van der Waals surface area contributed by atoms with Crippen LogP contribution in [0.4, 0.5) is 17.6 Å². The number of carbonyl (C=O) groups excluding carboxylic acids is 1. The summed E-state index contributed by atoms with van der Waals surface area (Å²) in [5.41, 5.74) is -1.40. The van der Waals surface area contributed by atoms with Gasteiger partial charge in [-0.2, -0.15) is 23.3 Å². The van der Waals surface area contributed by atoms with Gasteiger partial charge in [-0.05, 0) is 18.6 Å². The first-order chi connectivity index (χ1) is 14.8. The lowest BCUT2D eigenvalue weighted by Crippen LogP contribution is -2.31. The first-order valence-corrected chi connectivity index (χ1v) is 11.1. The van der Waals surface area contributed by atoms with E-state index in [1.807, 2.05) is 0 Å². The molecule has 14 heteroatoms. The highest BCUT2D eigenvalue weighted by molar-refractivity contribution is 7.90. The Hall–Kier alpha value is -3.29. The Morgan fingerprint density at radius 1 is 1.28 bits per heavy atom. The fourth-order valence-electron chi connectivity index (χ4n) is 2.76. The Balaban J connectivity index is 1.88. The van der Waals surface area contributed by atoms with Crippen molar-refractivity contribution in [2.24, 2.45) is 7.05 Å². The standard InChI is InChI=1S/C18H17F4N5O4S/c1-27-13(9-14(25-27)18(20,21)22)16(28)23-12(6-7-32(2,29)30)17-24-15(26-31-17)10-4-3-5-11(19)8-10/h3-5,8-9,12H,6-7H2,1-2H3,(H,23,28)/t12-/m0/s1. The van der Waals surface area contributed by atoms with E-state index in [2.05, 4.69) is 20.6 Å². The number of aryl methyl sites for hydroxylation is 1. The summed E-state index contributed by atoms with van der Waals surface area (Å²) in [7, 11) is -2.30. The highest BCUT2D eigenvalue weighted by Gasteiger charge is 2.36. The Kier molecular flexibility index (Phi) is 6.34. The molecule has 32 heavy (non-hydrogen) atoms. The van der Waals surface area contributed by atoms with E-state index < -0.39 is 45.2 Å². The van der Waals surface area contributed by atoms with Crippen LogP contribution in [0.1, 0.15) is 34.5 Å². The van der Waals surface area contributed by atoms with E-state index in [1.165, 1.54) is 18.2 Å². The Morgan fingerprint density at radius 3 is 2.59 bits per heavy atom. The van der Waals surface area contributed by atoms with Gasteiger partial charge in [-0.15, -0.1) is 0 Å². The molecule has 1 atom stereocenters. The molecule has 1 N–H and O–H groups in total. The maximum absolute atomic E-state index is 13.5. The van der Waals surface area contributed by atoms with E-state index in [-0.39, 0.29) is 29.5 Å². The van der Waals surface area contributed by atoms with Crippen molar-refractivity contribution < 1.29 is 35.3 Å².